The van der Waals surface area contributed by atoms with Gasteiger partial charge in [0.15, 0.2) is 0 Å². The third-order valence-corrected chi connectivity index (χ3v) is 3.96. The average Bonchev–Trinajstić information content (AvgIpc) is 2.79. The molecule has 2 aliphatic rings. The molecule has 2 fully saturated rings. The van der Waals surface area contributed by atoms with E-state index in [1.54, 1.807) is 0 Å². The zero-order valence-electron chi connectivity index (χ0n) is 11.4. The first-order valence-corrected chi connectivity index (χ1v) is 7.47. The molecule has 0 aromatic carbocycles. The van der Waals surface area contributed by atoms with E-state index in [1.807, 2.05) is 12.3 Å². The quantitative estimate of drug-likeness (QED) is 0.866. The van der Waals surface area contributed by atoms with Crippen LogP contribution in [0.1, 0.15) is 32.1 Å². The molecule has 104 valence electrons. The summed E-state index contributed by atoms with van der Waals surface area (Å²) < 4.78 is 0. The number of anilines is 2. The second-order valence-electron chi connectivity index (χ2n) is 5.47. The Hall–Kier alpha value is -1.36. The van der Waals surface area contributed by atoms with Gasteiger partial charge in [-0.25, -0.2) is 4.98 Å². The minimum Gasteiger partial charge on any atom is -0.356 e. The van der Waals surface area contributed by atoms with E-state index in [0.717, 1.165) is 44.4 Å². The van der Waals surface area contributed by atoms with Crippen LogP contribution in [-0.4, -0.2) is 42.2 Å². The summed E-state index contributed by atoms with van der Waals surface area (Å²) in [5.41, 5.74) is 0. The maximum atomic E-state index is 4.68. The summed E-state index contributed by atoms with van der Waals surface area (Å²) in [5.74, 6) is 1.85. The van der Waals surface area contributed by atoms with Crippen LogP contribution in [0.5, 0.6) is 0 Å². The Morgan fingerprint density at radius 1 is 1.21 bits per heavy atom. The molecule has 5 nitrogen and oxygen atoms in total. The van der Waals surface area contributed by atoms with Gasteiger partial charge in [0.05, 0.1) is 0 Å². The molecule has 2 aliphatic heterocycles. The van der Waals surface area contributed by atoms with Gasteiger partial charge < -0.3 is 15.5 Å². The monoisotopic (exact) mass is 261 g/mol. The highest BCUT2D eigenvalue weighted by Gasteiger charge is 2.16. The van der Waals surface area contributed by atoms with Gasteiger partial charge >= 0.3 is 0 Å². The van der Waals surface area contributed by atoms with Gasteiger partial charge in [-0.1, -0.05) is 12.8 Å². The van der Waals surface area contributed by atoms with Crippen molar-refractivity contribution in [1.82, 2.24) is 15.3 Å². The van der Waals surface area contributed by atoms with Crippen molar-refractivity contribution in [3.8, 4) is 0 Å². The van der Waals surface area contributed by atoms with E-state index >= 15 is 0 Å². The lowest BCUT2D eigenvalue weighted by Gasteiger charge is -2.22. The highest BCUT2D eigenvalue weighted by molar-refractivity contribution is 5.43. The minimum atomic E-state index is 0.472. The third kappa shape index (κ3) is 3.35. The molecule has 0 aliphatic carbocycles. The van der Waals surface area contributed by atoms with Crippen LogP contribution in [0.15, 0.2) is 12.3 Å². The first-order chi connectivity index (χ1) is 9.42. The van der Waals surface area contributed by atoms with Crippen molar-refractivity contribution < 1.29 is 0 Å². The Bertz CT molecular complexity index is 395. The summed E-state index contributed by atoms with van der Waals surface area (Å²) in [7, 11) is 0. The molecule has 1 aromatic rings. The molecule has 1 atom stereocenters. The van der Waals surface area contributed by atoms with Crippen molar-refractivity contribution in [1.29, 1.82) is 0 Å². The summed E-state index contributed by atoms with van der Waals surface area (Å²) in [6, 6.07) is 2.50. The molecule has 0 bridgehead atoms. The second-order valence-corrected chi connectivity index (χ2v) is 5.47. The first kappa shape index (κ1) is 12.7. The number of nitrogens with one attached hydrogen (secondary N) is 2. The van der Waals surface area contributed by atoms with Crippen molar-refractivity contribution >= 4 is 11.8 Å². The average molecular weight is 261 g/mol. The van der Waals surface area contributed by atoms with Gasteiger partial charge in [0.25, 0.3) is 0 Å². The maximum absolute atomic E-state index is 4.68. The lowest BCUT2D eigenvalue weighted by atomic mass is 10.2. The Kier molecular flexibility index (Phi) is 4.13. The highest BCUT2D eigenvalue weighted by Crippen LogP contribution is 2.18. The molecule has 1 aromatic heterocycles. The number of hydrogen-bond donors (Lipinski definition) is 2. The Morgan fingerprint density at radius 3 is 2.79 bits per heavy atom. The zero-order valence-corrected chi connectivity index (χ0v) is 11.4. The number of aromatic nitrogens is 2. The first-order valence-electron chi connectivity index (χ1n) is 7.47. The van der Waals surface area contributed by atoms with E-state index in [-0.39, 0.29) is 0 Å². The van der Waals surface area contributed by atoms with Crippen molar-refractivity contribution in [3.63, 3.8) is 0 Å². The fourth-order valence-electron chi connectivity index (χ4n) is 2.86. The van der Waals surface area contributed by atoms with Gasteiger partial charge in [0.1, 0.15) is 5.82 Å². The summed E-state index contributed by atoms with van der Waals surface area (Å²) in [6.45, 7) is 4.35. The van der Waals surface area contributed by atoms with Gasteiger partial charge in [0.2, 0.25) is 5.95 Å². The predicted octanol–water partition coefficient (Wildman–Crippen LogP) is 1.63. The summed E-state index contributed by atoms with van der Waals surface area (Å²) in [4.78, 5) is 11.4. The second kappa shape index (κ2) is 6.19. The minimum absolute atomic E-state index is 0.472. The molecule has 3 heterocycles. The van der Waals surface area contributed by atoms with E-state index in [1.165, 1.54) is 25.7 Å². The molecular weight excluding hydrogens is 238 g/mol. The highest BCUT2D eigenvalue weighted by atomic mass is 15.2. The number of rotatable bonds is 3. The van der Waals surface area contributed by atoms with Crippen LogP contribution >= 0.6 is 0 Å². The molecule has 5 heteroatoms. The summed E-state index contributed by atoms with van der Waals surface area (Å²) in [5, 5.41) is 6.77. The van der Waals surface area contributed by atoms with Crippen molar-refractivity contribution in [2.24, 2.45) is 0 Å². The SMILES string of the molecule is c1cc(N2CCCCCC2)nc(N[C@H]2CCNC2)n1. The van der Waals surface area contributed by atoms with Gasteiger partial charge in [0, 0.05) is 31.9 Å². The Morgan fingerprint density at radius 2 is 2.05 bits per heavy atom. The van der Waals surface area contributed by atoms with Crippen LogP contribution < -0.4 is 15.5 Å². The van der Waals surface area contributed by atoms with E-state index in [9.17, 15) is 0 Å². The van der Waals surface area contributed by atoms with Crippen LogP contribution in [-0.2, 0) is 0 Å². The van der Waals surface area contributed by atoms with Crippen LogP contribution in [0.25, 0.3) is 0 Å². The third-order valence-electron chi connectivity index (χ3n) is 3.96. The molecule has 2 N–H and O–H groups in total. The number of nitrogens with zero attached hydrogens (tertiary/aromatic N) is 3. The standard InChI is InChI=1S/C14H23N5/c1-2-4-10-19(9-3-1)13-6-8-16-14(18-13)17-12-5-7-15-11-12/h6,8,12,15H,1-5,7,9-11H2,(H,16,17,18)/t12-/m0/s1. The number of hydrogen-bond acceptors (Lipinski definition) is 5. The van der Waals surface area contributed by atoms with Crippen molar-refractivity contribution in [3.05, 3.63) is 12.3 Å². The molecule has 19 heavy (non-hydrogen) atoms. The smallest absolute Gasteiger partial charge is 0.224 e. The largest absolute Gasteiger partial charge is 0.356 e. The lowest BCUT2D eigenvalue weighted by Crippen LogP contribution is -2.27. The fourth-order valence-corrected chi connectivity index (χ4v) is 2.86. The predicted molar refractivity (Wildman–Crippen MR) is 77.6 cm³/mol. The van der Waals surface area contributed by atoms with Gasteiger partial charge in [-0.2, -0.15) is 4.98 Å². The van der Waals surface area contributed by atoms with Gasteiger partial charge in [-0.3, -0.25) is 0 Å². The molecule has 2 saturated heterocycles. The Balaban J connectivity index is 1.67. The van der Waals surface area contributed by atoms with Crippen molar-refractivity contribution in [2.45, 2.75) is 38.1 Å². The van der Waals surface area contributed by atoms with Crippen LogP contribution in [0, 0.1) is 0 Å². The van der Waals surface area contributed by atoms with Crippen LogP contribution in [0.2, 0.25) is 0 Å². The van der Waals surface area contributed by atoms with E-state index in [4.69, 9.17) is 0 Å². The van der Waals surface area contributed by atoms with E-state index < -0.39 is 0 Å². The van der Waals surface area contributed by atoms with Gasteiger partial charge in [-0.05, 0) is 31.9 Å². The molecule has 0 amide bonds. The van der Waals surface area contributed by atoms with Gasteiger partial charge in [-0.15, -0.1) is 0 Å². The molecule has 0 saturated carbocycles. The van der Waals surface area contributed by atoms with E-state index in [2.05, 4.69) is 25.5 Å². The molecule has 0 radical (unpaired) electrons. The topological polar surface area (TPSA) is 53.1 Å². The van der Waals surface area contributed by atoms with E-state index in [0.29, 0.717) is 6.04 Å². The maximum Gasteiger partial charge on any atom is 0.224 e. The summed E-state index contributed by atoms with van der Waals surface area (Å²) >= 11 is 0. The molecule has 0 unspecified atom stereocenters. The Labute approximate surface area is 114 Å². The molecule has 3 rings (SSSR count). The lowest BCUT2D eigenvalue weighted by molar-refractivity contribution is 0.726. The fraction of sp³-hybridized carbons (Fsp3) is 0.714. The zero-order chi connectivity index (χ0) is 12.9. The van der Waals surface area contributed by atoms with Crippen LogP contribution in [0.4, 0.5) is 11.8 Å². The normalized spacial score (nSPS) is 24.2. The van der Waals surface area contributed by atoms with Crippen LogP contribution in [0.3, 0.4) is 0 Å². The van der Waals surface area contributed by atoms with Crippen molar-refractivity contribution in [2.75, 3.05) is 36.4 Å². The molecule has 0 spiro atoms. The summed E-state index contributed by atoms with van der Waals surface area (Å²) in [6.07, 6.45) is 8.27. The molecular formula is C14H23N5.